The number of hydrogen-bond donors (Lipinski definition) is 2. The number of benzene rings is 3. The molecule has 1 amide bonds. The van der Waals surface area contributed by atoms with Crippen molar-refractivity contribution in [1.29, 1.82) is 0 Å². The molecule has 1 aliphatic rings. The van der Waals surface area contributed by atoms with Crippen molar-refractivity contribution in [1.82, 2.24) is 19.0 Å². The normalized spacial score (nSPS) is 14.2. The van der Waals surface area contributed by atoms with Gasteiger partial charge in [-0.3, -0.25) is 4.79 Å². The summed E-state index contributed by atoms with van der Waals surface area (Å²) >= 11 is 0. The van der Waals surface area contributed by atoms with Gasteiger partial charge in [0.2, 0.25) is 15.9 Å². The van der Waals surface area contributed by atoms with Crippen molar-refractivity contribution in [2.24, 2.45) is 0 Å². The third-order valence-electron chi connectivity index (χ3n) is 7.71. The number of piperazine rings is 1. The summed E-state index contributed by atoms with van der Waals surface area (Å²) in [6.07, 6.45) is 0. The molecule has 5 rings (SSSR count). The second kappa shape index (κ2) is 13.1. The average Bonchev–Trinajstić information content (AvgIpc) is 3.37. The van der Waals surface area contributed by atoms with Crippen LogP contribution in [0.3, 0.4) is 0 Å². The molecule has 1 saturated heterocycles. The first kappa shape index (κ1) is 31.7. The molecule has 236 valence electrons. The molecule has 1 aliphatic heterocycles. The van der Waals surface area contributed by atoms with E-state index in [-0.39, 0.29) is 52.1 Å². The molecule has 13 heteroatoms. The number of likely N-dealkylation sites (N-methyl/N-ethyl adjacent to an activating group) is 1. The number of hydrogen-bond acceptors (Lipinski definition) is 8. The molecule has 0 radical (unpaired) electrons. The largest absolute Gasteiger partial charge is 0.496 e. The summed E-state index contributed by atoms with van der Waals surface area (Å²) in [5.41, 5.74) is 2.01. The molecule has 0 bridgehead atoms. The minimum atomic E-state index is -4.13. The molecular weight excluding hydrogens is 598 g/mol. The highest BCUT2D eigenvalue weighted by Crippen LogP contribution is 2.37. The number of methoxy groups -OCH3 is 1. The van der Waals surface area contributed by atoms with Crippen LogP contribution in [0.2, 0.25) is 0 Å². The molecule has 0 aliphatic carbocycles. The quantitative estimate of drug-likeness (QED) is 0.257. The van der Waals surface area contributed by atoms with Crippen LogP contribution < -0.4 is 14.8 Å². The monoisotopic (exact) mass is 633 g/mol. The van der Waals surface area contributed by atoms with Gasteiger partial charge in [0.25, 0.3) is 5.91 Å². The van der Waals surface area contributed by atoms with E-state index in [4.69, 9.17) is 9.47 Å². The SMILES string of the molecule is CCN1CCN(S(=O)(=O)c2cc(NC(=O)c3ccccc3OC)ccc2Oc2c(C)c(C(=O)O)nn2-c2ccc(C)cc2)CC1. The van der Waals surface area contributed by atoms with E-state index in [1.54, 1.807) is 43.3 Å². The number of anilines is 1. The highest BCUT2D eigenvalue weighted by atomic mass is 32.2. The molecule has 0 saturated carbocycles. The number of para-hydroxylation sites is 1. The topological polar surface area (TPSA) is 143 Å². The van der Waals surface area contributed by atoms with E-state index in [1.165, 1.54) is 34.3 Å². The number of carbonyl (C=O) groups excluding carboxylic acids is 1. The minimum Gasteiger partial charge on any atom is -0.496 e. The molecular formula is C32H35N5O7S. The number of ether oxygens (including phenoxy) is 2. The van der Waals surface area contributed by atoms with Gasteiger partial charge in [-0.1, -0.05) is 36.8 Å². The van der Waals surface area contributed by atoms with Crippen LogP contribution >= 0.6 is 0 Å². The van der Waals surface area contributed by atoms with Crippen LogP contribution in [0.25, 0.3) is 5.69 Å². The number of aryl methyl sites for hydroxylation is 1. The number of carbonyl (C=O) groups is 2. The first-order valence-corrected chi connectivity index (χ1v) is 15.9. The molecule has 3 aromatic carbocycles. The van der Waals surface area contributed by atoms with Crippen LogP contribution in [0.15, 0.2) is 71.6 Å². The predicted molar refractivity (Wildman–Crippen MR) is 168 cm³/mol. The van der Waals surface area contributed by atoms with Crippen LogP contribution in [-0.2, 0) is 10.0 Å². The lowest BCUT2D eigenvalue weighted by molar-refractivity contribution is 0.0689. The Labute approximate surface area is 261 Å². The Morgan fingerprint density at radius 3 is 2.29 bits per heavy atom. The third-order valence-corrected chi connectivity index (χ3v) is 9.63. The van der Waals surface area contributed by atoms with Gasteiger partial charge in [-0.25, -0.2) is 13.2 Å². The van der Waals surface area contributed by atoms with Gasteiger partial charge in [0.15, 0.2) is 5.69 Å². The number of nitrogens with one attached hydrogen (secondary N) is 1. The second-order valence-electron chi connectivity index (χ2n) is 10.6. The maximum absolute atomic E-state index is 14.2. The Kier molecular flexibility index (Phi) is 9.23. The zero-order valence-electron chi connectivity index (χ0n) is 25.5. The van der Waals surface area contributed by atoms with Gasteiger partial charge in [0, 0.05) is 37.4 Å². The zero-order chi connectivity index (χ0) is 32.3. The molecule has 0 atom stereocenters. The first-order chi connectivity index (χ1) is 21.5. The Bertz CT molecular complexity index is 1830. The average molecular weight is 634 g/mol. The van der Waals surface area contributed by atoms with E-state index in [0.717, 1.165) is 12.1 Å². The summed E-state index contributed by atoms with van der Waals surface area (Å²) in [4.78, 5) is 27.2. The lowest BCUT2D eigenvalue weighted by Gasteiger charge is -2.33. The summed E-state index contributed by atoms with van der Waals surface area (Å²) in [5, 5.41) is 16.9. The number of carboxylic acid groups (broad SMARTS) is 1. The number of aromatic carboxylic acids is 1. The molecule has 1 fully saturated rings. The maximum atomic E-state index is 14.2. The summed E-state index contributed by atoms with van der Waals surface area (Å²) < 4.78 is 42.7. The van der Waals surface area contributed by atoms with Crippen LogP contribution in [0.5, 0.6) is 17.4 Å². The zero-order valence-corrected chi connectivity index (χ0v) is 26.3. The Hall–Kier alpha value is -4.72. The van der Waals surface area contributed by atoms with Crippen molar-refractivity contribution in [2.45, 2.75) is 25.7 Å². The van der Waals surface area contributed by atoms with E-state index in [1.807, 2.05) is 26.0 Å². The molecule has 45 heavy (non-hydrogen) atoms. The lowest BCUT2D eigenvalue weighted by atomic mass is 10.2. The van der Waals surface area contributed by atoms with Crippen LogP contribution in [0.1, 0.15) is 38.9 Å². The number of nitrogens with zero attached hydrogens (tertiary/aromatic N) is 4. The number of amides is 1. The van der Waals surface area contributed by atoms with E-state index in [0.29, 0.717) is 24.5 Å². The Balaban J connectivity index is 1.59. The summed E-state index contributed by atoms with van der Waals surface area (Å²) in [5.74, 6) is -1.36. The molecule has 1 aromatic heterocycles. The van der Waals surface area contributed by atoms with E-state index < -0.39 is 21.9 Å². The smallest absolute Gasteiger partial charge is 0.356 e. The van der Waals surface area contributed by atoms with Crippen LogP contribution in [0.4, 0.5) is 5.69 Å². The van der Waals surface area contributed by atoms with Crippen molar-refractivity contribution in [3.05, 3.63) is 89.1 Å². The Morgan fingerprint density at radius 1 is 0.956 bits per heavy atom. The predicted octanol–water partition coefficient (Wildman–Crippen LogP) is 4.57. The van der Waals surface area contributed by atoms with Gasteiger partial charge in [-0.2, -0.15) is 14.1 Å². The van der Waals surface area contributed by atoms with Crippen molar-refractivity contribution < 1.29 is 32.6 Å². The standard InChI is InChI=1S/C32H35N5O7S/c1-5-35-16-18-36(19-17-35)45(41,42)28-20-23(33-30(38)25-8-6-7-9-26(25)43-4)12-15-27(28)44-31-22(3)29(32(39)40)34-37(31)24-13-10-21(2)11-14-24/h6-15,20H,5,16-19H2,1-4H3,(H,33,38)(H,39,40). The Morgan fingerprint density at radius 2 is 1.64 bits per heavy atom. The third kappa shape index (κ3) is 6.55. The fraction of sp³-hybridized carbons (Fsp3) is 0.281. The fourth-order valence-corrected chi connectivity index (χ4v) is 6.66. The number of sulfonamides is 1. The molecule has 0 spiro atoms. The summed E-state index contributed by atoms with van der Waals surface area (Å²) in [6, 6.07) is 18.2. The van der Waals surface area contributed by atoms with E-state index in [2.05, 4.69) is 15.3 Å². The van der Waals surface area contributed by atoms with Gasteiger partial charge in [-0.15, -0.1) is 0 Å². The van der Waals surface area contributed by atoms with E-state index >= 15 is 0 Å². The minimum absolute atomic E-state index is 0.0449. The van der Waals surface area contributed by atoms with Crippen molar-refractivity contribution in [2.75, 3.05) is 45.2 Å². The van der Waals surface area contributed by atoms with Crippen LogP contribution in [-0.4, -0.2) is 84.2 Å². The van der Waals surface area contributed by atoms with Gasteiger partial charge < -0.3 is 24.8 Å². The maximum Gasteiger partial charge on any atom is 0.356 e. The number of aromatic nitrogens is 2. The van der Waals surface area contributed by atoms with Crippen molar-refractivity contribution in [3.63, 3.8) is 0 Å². The molecule has 2 N–H and O–H groups in total. The highest BCUT2D eigenvalue weighted by Gasteiger charge is 2.32. The summed E-state index contributed by atoms with van der Waals surface area (Å²) in [6.45, 7) is 7.98. The van der Waals surface area contributed by atoms with Crippen LogP contribution in [0, 0.1) is 13.8 Å². The van der Waals surface area contributed by atoms with Crippen molar-refractivity contribution >= 4 is 27.6 Å². The fourth-order valence-electron chi connectivity index (χ4n) is 5.10. The highest BCUT2D eigenvalue weighted by molar-refractivity contribution is 7.89. The van der Waals surface area contributed by atoms with Gasteiger partial charge >= 0.3 is 5.97 Å². The first-order valence-electron chi connectivity index (χ1n) is 14.4. The molecule has 0 unspecified atom stereocenters. The van der Waals surface area contributed by atoms with Gasteiger partial charge in [-0.05, 0) is 62.9 Å². The van der Waals surface area contributed by atoms with E-state index in [9.17, 15) is 23.1 Å². The summed E-state index contributed by atoms with van der Waals surface area (Å²) in [7, 11) is -2.67. The van der Waals surface area contributed by atoms with Crippen molar-refractivity contribution in [3.8, 4) is 23.1 Å². The van der Waals surface area contributed by atoms with Gasteiger partial charge in [0.1, 0.15) is 16.4 Å². The lowest BCUT2D eigenvalue weighted by Crippen LogP contribution is -2.48. The molecule has 2 heterocycles. The number of rotatable bonds is 10. The van der Waals surface area contributed by atoms with Gasteiger partial charge in [0.05, 0.1) is 18.4 Å². The number of carboxylic acids is 1. The molecule has 4 aromatic rings. The second-order valence-corrected chi connectivity index (χ2v) is 12.5. The molecule has 12 nitrogen and oxygen atoms in total.